The number of imidazole rings is 1. The van der Waals surface area contributed by atoms with Gasteiger partial charge < -0.3 is 10.2 Å². The van der Waals surface area contributed by atoms with Gasteiger partial charge in [-0.15, -0.1) is 11.3 Å². The molecular formula is C16H28N4S. The molecule has 1 N–H and O–H groups in total. The van der Waals surface area contributed by atoms with Crippen molar-refractivity contribution in [2.45, 2.75) is 53.0 Å². The summed E-state index contributed by atoms with van der Waals surface area (Å²) in [6, 6.07) is 0. The lowest BCUT2D eigenvalue weighted by atomic mass is 10.2. The van der Waals surface area contributed by atoms with Crippen LogP contribution in [-0.4, -0.2) is 29.0 Å². The fourth-order valence-electron chi connectivity index (χ4n) is 2.50. The van der Waals surface area contributed by atoms with Crippen LogP contribution in [0.15, 0.2) is 11.6 Å². The Balaban J connectivity index is 2.27. The van der Waals surface area contributed by atoms with Gasteiger partial charge >= 0.3 is 0 Å². The van der Waals surface area contributed by atoms with Crippen molar-refractivity contribution in [2.75, 3.05) is 24.5 Å². The number of hydrogen-bond donors (Lipinski definition) is 1. The number of nitrogens with one attached hydrogen (secondary N) is 1. The number of unbranched alkanes of at least 4 members (excludes halogenated alkanes) is 2. The number of rotatable bonds is 10. The van der Waals surface area contributed by atoms with E-state index in [0.29, 0.717) is 0 Å². The van der Waals surface area contributed by atoms with Crippen molar-refractivity contribution in [3.8, 4) is 0 Å². The lowest BCUT2D eigenvalue weighted by Gasteiger charge is -2.23. The number of thiazole rings is 1. The standard InChI is InChI=1S/C16H28N4S/c1-4-7-9-19(10-8-5-2)15-14(13-17-6-3)20-11-12-21-16(20)18-15/h11-12,17H,4-10,13H2,1-3H3. The van der Waals surface area contributed by atoms with Crippen molar-refractivity contribution < 1.29 is 0 Å². The lowest BCUT2D eigenvalue weighted by Crippen LogP contribution is -2.28. The summed E-state index contributed by atoms with van der Waals surface area (Å²) >= 11 is 1.72. The van der Waals surface area contributed by atoms with Gasteiger partial charge in [-0.2, -0.15) is 0 Å². The Morgan fingerprint density at radius 3 is 2.52 bits per heavy atom. The Bertz CT molecular complexity index is 523. The van der Waals surface area contributed by atoms with Crippen LogP contribution >= 0.6 is 11.3 Å². The van der Waals surface area contributed by atoms with E-state index in [-0.39, 0.29) is 0 Å². The van der Waals surface area contributed by atoms with Gasteiger partial charge in [0.25, 0.3) is 0 Å². The van der Waals surface area contributed by atoms with Gasteiger partial charge in [0.2, 0.25) is 0 Å². The maximum Gasteiger partial charge on any atom is 0.195 e. The summed E-state index contributed by atoms with van der Waals surface area (Å²) in [5, 5.41) is 5.57. The van der Waals surface area contributed by atoms with Crippen LogP contribution in [0.1, 0.15) is 52.1 Å². The van der Waals surface area contributed by atoms with Gasteiger partial charge in [0.05, 0.1) is 5.69 Å². The molecule has 0 spiro atoms. The minimum absolute atomic E-state index is 0.887. The highest BCUT2D eigenvalue weighted by Crippen LogP contribution is 2.25. The van der Waals surface area contributed by atoms with Crippen LogP contribution < -0.4 is 10.2 Å². The van der Waals surface area contributed by atoms with Crippen LogP contribution in [0.2, 0.25) is 0 Å². The predicted molar refractivity (Wildman–Crippen MR) is 92.5 cm³/mol. The van der Waals surface area contributed by atoms with Gasteiger partial charge in [-0.05, 0) is 19.4 Å². The van der Waals surface area contributed by atoms with E-state index >= 15 is 0 Å². The SMILES string of the molecule is CCCCN(CCCC)c1nc2sccn2c1CNCC. The second-order valence-electron chi connectivity index (χ2n) is 5.41. The zero-order valence-electron chi connectivity index (χ0n) is 13.6. The summed E-state index contributed by atoms with van der Waals surface area (Å²) in [5.74, 6) is 1.18. The molecule has 2 rings (SSSR count). The molecule has 2 aromatic heterocycles. The summed E-state index contributed by atoms with van der Waals surface area (Å²) in [7, 11) is 0. The molecule has 0 saturated carbocycles. The third kappa shape index (κ3) is 3.98. The first-order valence-corrected chi connectivity index (χ1v) is 9.09. The van der Waals surface area contributed by atoms with E-state index in [1.807, 2.05) is 0 Å². The molecule has 118 valence electrons. The Morgan fingerprint density at radius 1 is 1.19 bits per heavy atom. The van der Waals surface area contributed by atoms with E-state index in [2.05, 4.69) is 47.0 Å². The third-order valence-electron chi connectivity index (χ3n) is 3.75. The molecule has 4 nitrogen and oxygen atoms in total. The minimum Gasteiger partial charge on any atom is -0.355 e. The first kappa shape index (κ1) is 16.3. The second kappa shape index (κ2) is 8.39. The topological polar surface area (TPSA) is 32.6 Å². The highest BCUT2D eigenvalue weighted by Gasteiger charge is 2.18. The van der Waals surface area contributed by atoms with E-state index in [4.69, 9.17) is 4.98 Å². The molecule has 0 fully saturated rings. The molecule has 0 radical (unpaired) electrons. The van der Waals surface area contributed by atoms with E-state index in [1.54, 1.807) is 11.3 Å². The third-order valence-corrected chi connectivity index (χ3v) is 4.50. The van der Waals surface area contributed by atoms with Gasteiger partial charge in [0, 0.05) is 31.2 Å². The molecule has 0 aromatic carbocycles. The molecule has 2 aromatic rings. The van der Waals surface area contributed by atoms with Gasteiger partial charge in [-0.25, -0.2) is 4.98 Å². The smallest absolute Gasteiger partial charge is 0.195 e. The van der Waals surface area contributed by atoms with Crippen molar-refractivity contribution in [3.63, 3.8) is 0 Å². The fraction of sp³-hybridized carbons (Fsp3) is 0.688. The Hall–Kier alpha value is -1.07. The molecule has 0 aliphatic rings. The first-order chi connectivity index (χ1) is 10.3. The number of hydrogen-bond acceptors (Lipinski definition) is 4. The highest BCUT2D eigenvalue weighted by atomic mass is 32.1. The van der Waals surface area contributed by atoms with Crippen molar-refractivity contribution in [2.24, 2.45) is 0 Å². The van der Waals surface area contributed by atoms with Gasteiger partial charge in [0.15, 0.2) is 10.8 Å². The van der Waals surface area contributed by atoms with Crippen LogP contribution in [0.5, 0.6) is 0 Å². The molecule has 0 unspecified atom stereocenters. The van der Waals surface area contributed by atoms with Crippen LogP contribution in [0.25, 0.3) is 4.96 Å². The predicted octanol–water partition coefficient (Wildman–Crippen LogP) is 3.91. The molecular weight excluding hydrogens is 280 g/mol. The van der Waals surface area contributed by atoms with E-state index in [1.165, 1.54) is 37.2 Å². The molecule has 21 heavy (non-hydrogen) atoms. The highest BCUT2D eigenvalue weighted by molar-refractivity contribution is 7.15. The van der Waals surface area contributed by atoms with Crippen molar-refractivity contribution in [1.82, 2.24) is 14.7 Å². The average molecular weight is 308 g/mol. The Labute approximate surface area is 132 Å². The van der Waals surface area contributed by atoms with Crippen molar-refractivity contribution in [3.05, 3.63) is 17.3 Å². The lowest BCUT2D eigenvalue weighted by molar-refractivity contribution is 0.658. The summed E-state index contributed by atoms with van der Waals surface area (Å²) in [6.07, 6.45) is 7.06. The zero-order valence-corrected chi connectivity index (χ0v) is 14.4. The maximum atomic E-state index is 4.90. The van der Waals surface area contributed by atoms with Crippen LogP contribution in [0.3, 0.4) is 0 Å². The van der Waals surface area contributed by atoms with Crippen molar-refractivity contribution >= 4 is 22.1 Å². The minimum atomic E-state index is 0.887. The number of fused-ring (bicyclic) bond motifs is 1. The summed E-state index contributed by atoms with van der Waals surface area (Å²) in [4.78, 5) is 8.49. The van der Waals surface area contributed by atoms with Crippen LogP contribution in [-0.2, 0) is 6.54 Å². The van der Waals surface area contributed by atoms with Crippen molar-refractivity contribution in [1.29, 1.82) is 0 Å². The average Bonchev–Trinajstić information content (AvgIpc) is 3.07. The molecule has 0 aliphatic carbocycles. The normalized spacial score (nSPS) is 11.4. The van der Waals surface area contributed by atoms with E-state index < -0.39 is 0 Å². The van der Waals surface area contributed by atoms with Gasteiger partial charge in [-0.3, -0.25) is 4.40 Å². The zero-order chi connectivity index (χ0) is 15.1. The molecule has 0 saturated heterocycles. The quantitative estimate of drug-likeness (QED) is 0.722. The summed E-state index contributed by atoms with van der Waals surface area (Å²) < 4.78 is 2.24. The Kier molecular flexibility index (Phi) is 6.51. The molecule has 2 heterocycles. The summed E-state index contributed by atoms with van der Waals surface area (Å²) in [5.41, 5.74) is 1.31. The first-order valence-electron chi connectivity index (χ1n) is 8.21. The molecule has 0 aliphatic heterocycles. The monoisotopic (exact) mass is 308 g/mol. The maximum absolute atomic E-state index is 4.90. The number of nitrogens with zero attached hydrogens (tertiary/aromatic N) is 3. The second-order valence-corrected chi connectivity index (χ2v) is 6.29. The van der Waals surface area contributed by atoms with Crippen LogP contribution in [0.4, 0.5) is 5.82 Å². The van der Waals surface area contributed by atoms with Gasteiger partial charge in [0.1, 0.15) is 0 Å². The Morgan fingerprint density at radius 2 is 1.90 bits per heavy atom. The molecule has 0 amide bonds. The fourth-order valence-corrected chi connectivity index (χ4v) is 3.23. The number of anilines is 1. The molecule has 0 atom stereocenters. The molecule has 0 bridgehead atoms. The van der Waals surface area contributed by atoms with Crippen LogP contribution in [0, 0.1) is 0 Å². The largest absolute Gasteiger partial charge is 0.355 e. The van der Waals surface area contributed by atoms with E-state index in [0.717, 1.165) is 31.1 Å². The molecule has 5 heteroatoms. The summed E-state index contributed by atoms with van der Waals surface area (Å²) in [6.45, 7) is 10.8. The van der Waals surface area contributed by atoms with E-state index in [9.17, 15) is 0 Å². The van der Waals surface area contributed by atoms with Gasteiger partial charge in [-0.1, -0.05) is 33.6 Å². The number of aromatic nitrogens is 2.